The first-order chi connectivity index (χ1) is 8.79. The molecule has 0 aliphatic rings. The Morgan fingerprint density at radius 1 is 1.11 bits per heavy atom. The molecule has 1 aromatic heterocycles. The summed E-state index contributed by atoms with van der Waals surface area (Å²) in [5, 5.41) is 5.09. The molecule has 3 aromatic rings. The Balaban J connectivity index is 2.30. The maximum atomic E-state index is 11.5. The fourth-order valence-electron chi connectivity index (χ4n) is 2.08. The van der Waals surface area contributed by atoms with E-state index in [1.165, 1.54) is 0 Å². The molecular formula is C13H8N4O. The first kappa shape index (κ1) is 10.4. The van der Waals surface area contributed by atoms with Gasteiger partial charge in [-0.25, -0.2) is 0 Å². The van der Waals surface area contributed by atoms with Gasteiger partial charge in [-0.15, -0.1) is 0 Å². The van der Waals surface area contributed by atoms with Crippen LogP contribution >= 0.6 is 0 Å². The van der Waals surface area contributed by atoms with E-state index in [1.54, 1.807) is 12.1 Å². The van der Waals surface area contributed by atoms with Crippen molar-refractivity contribution in [3.63, 3.8) is 0 Å². The van der Waals surface area contributed by atoms with E-state index >= 15 is 0 Å². The van der Waals surface area contributed by atoms with Crippen LogP contribution < -0.4 is 0 Å². The highest BCUT2D eigenvalue weighted by Gasteiger charge is 2.07. The van der Waals surface area contributed by atoms with Crippen LogP contribution in [-0.4, -0.2) is 10.9 Å². The highest BCUT2D eigenvalue weighted by molar-refractivity contribution is 6.10. The van der Waals surface area contributed by atoms with E-state index in [0.29, 0.717) is 5.56 Å². The number of H-pyrrole nitrogens is 1. The molecular weight excluding hydrogens is 228 g/mol. The summed E-state index contributed by atoms with van der Waals surface area (Å²) in [6, 6.07) is 13.1. The van der Waals surface area contributed by atoms with Gasteiger partial charge in [-0.05, 0) is 34.9 Å². The molecule has 18 heavy (non-hydrogen) atoms. The molecule has 5 heteroatoms. The van der Waals surface area contributed by atoms with Crippen molar-refractivity contribution in [1.82, 2.24) is 4.98 Å². The van der Waals surface area contributed by atoms with Gasteiger partial charge in [0.1, 0.15) is 0 Å². The summed E-state index contributed by atoms with van der Waals surface area (Å²) in [6.45, 7) is 0. The van der Waals surface area contributed by atoms with Crippen LogP contribution in [0, 0.1) is 0 Å². The molecule has 5 nitrogen and oxygen atoms in total. The molecule has 3 rings (SSSR count). The number of nitrogens with zero attached hydrogens (tertiary/aromatic N) is 3. The second kappa shape index (κ2) is 3.91. The number of hydrogen-bond donors (Lipinski definition) is 1. The van der Waals surface area contributed by atoms with Crippen LogP contribution in [0.5, 0.6) is 0 Å². The topological polar surface area (TPSA) is 81.6 Å². The lowest BCUT2D eigenvalue weighted by atomic mass is 10.1. The van der Waals surface area contributed by atoms with Crippen molar-refractivity contribution < 1.29 is 4.79 Å². The Bertz CT molecular complexity index is 812. The van der Waals surface area contributed by atoms with Crippen molar-refractivity contribution in [2.24, 2.45) is 5.11 Å². The number of hydrogen-bond acceptors (Lipinski definition) is 1. The van der Waals surface area contributed by atoms with E-state index in [9.17, 15) is 4.79 Å². The van der Waals surface area contributed by atoms with E-state index in [1.807, 2.05) is 30.3 Å². The van der Waals surface area contributed by atoms with E-state index in [2.05, 4.69) is 15.0 Å². The van der Waals surface area contributed by atoms with Gasteiger partial charge in [0.2, 0.25) is 5.91 Å². The maximum Gasteiger partial charge on any atom is 0.249 e. The number of carbonyl (C=O) groups excluding carboxylic acids is 1. The summed E-state index contributed by atoms with van der Waals surface area (Å²) >= 11 is 0. The maximum absolute atomic E-state index is 11.5. The van der Waals surface area contributed by atoms with E-state index < -0.39 is 5.91 Å². The third-order valence-electron chi connectivity index (χ3n) is 2.89. The molecule has 0 spiro atoms. The first-order valence-electron chi connectivity index (χ1n) is 5.39. The molecule has 0 atom stereocenters. The molecule has 2 aromatic carbocycles. The van der Waals surface area contributed by atoms with Crippen molar-refractivity contribution in [2.75, 3.05) is 0 Å². The minimum atomic E-state index is -0.565. The number of rotatable bonds is 1. The molecule has 1 N–H and O–H groups in total. The lowest BCUT2D eigenvalue weighted by molar-refractivity contribution is 0.100. The fourth-order valence-corrected chi connectivity index (χ4v) is 2.08. The van der Waals surface area contributed by atoms with Crippen molar-refractivity contribution in [1.29, 1.82) is 0 Å². The number of para-hydroxylation sites is 1. The summed E-state index contributed by atoms with van der Waals surface area (Å²) < 4.78 is 0. The average Bonchev–Trinajstić information content (AvgIpc) is 2.76. The van der Waals surface area contributed by atoms with Gasteiger partial charge in [0.25, 0.3) is 0 Å². The summed E-state index contributed by atoms with van der Waals surface area (Å²) in [6.07, 6.45) is 0. The zero-order valence-electron chi connectivity index (χ0n) is 9.29. The molecule has 0 unspecified atom stereocenters. The predicted molar refractivity (Wildman–Crippen MR) is 69.3 cm³/mol. The summed E-state index contributed by atoms with van der Waals surface area (Å²) in [5.74, 6) is -0.565. The lowest BCUT2D eigenvalue weighted by Crippen LogP contribution is -1.92. The predicted octanol–water partition coefficient (Wildman–Crippen LogP) is 3.77. The number of fused-ring (bicyclic) bond motifs is 3. The highest BCUT2D eigenvalue weighted by Crippen LogP contribution is 2.26. The fraction of sp³-hybridized carbons (Fsp3) is 0. The SMILES string of the molecule is [N-]=[N+]=NC(=O)c1ccc2[nH]c3ccccc3c2c1. The summed E-state index contributed by atoms with van der Waals surface area (Å²) in [5.41, 5.74) is 10.6. The van der Waals surface area contributed by atoms with Gasteiger partial charge in [0, 0.05) is 32.3 Å². The van der Waals surface area contributed by atoms with E-state index in [-0.39, 0.29) is 0 Å². The van der Waals surface area contributed by atoms with Crippen molar-refractivity contribution in [2.45, 2.75) is 0 Å². The molecule has 0 fully saturated rings. The molecule has 86 valence electrons. The number of carbonyl (C=O) groups is 1. The second-order valence-corrected chi connectivity index (χ2v) is 3.93. The largest absolute Gasteiger partial charge is 0.355 e. The van der Waals surface area contributed by atoms with Crippen LogP contribution in [0.2, 0.25) is 0 Å². The molecule has 1 amide bonds. The number of aromatic amines is 1. The standard InChI is InChI=1S/C13H8N4O/c14-17-16-13(18)8-5-6-12-10(7-8)9-3-1-2-4-11(9)15-12/h1-7,15H. The van der Waals surface area contributed by atoms with Crippen LogP contribution in [-0.2, 0) is 0 Å². The Kier molecular flexibility index (Phi) is 2.25. The van der Waals surface area contributed by atoms with Crippen LogP contribution in [0.15, 0.2) is 47.6 Å². The normalized spacial score (nSPS) is 10.4. The highest BCUT2D eigenvalue weighted by atomic mass is 16.1. The van der Waals surface area contributed by atoms with Gasteiger partial charge in [0.15, 0.2) is 0 Å². The molecule has 0 saturated heterocycles. The molecule has 0 aliphatic heterocycles. The minimum Gasteiger partial charge on any atom is -0.355 e. The summed E-state index contributed by atoms with van der Waals surface area (Å²) in [7, 11) is 0. The van der Waals surface area contributed by atoms with Crippen molar-refractivity contribution in [3.05, 3.63) is 58.5 Å². The Morgan fingerprint density at radius 2 is 1.89 bits per heavy atom. The summed E-state index contributed by atoms with van der Waals surface area (Å²) in [4.78, 5) is 17.3. The van der Waals surface area contributed by atoms with Crippen LogP contribution in [0.3, 0.4) is 0 Å². The number of aromatic nitrogens is 1. The quantitative estimate of drug-likeness (QED) is 0.389. The Hall–Kier alpha value is -2.78. The zero-order valence-corrected chi connectivity index (χ0v) is 9.29. The van der Waals surface area contributed by atoms with Gasteiger partial charge >= 0.3 is 0 Å². The number of azide groups is 1. The molecule has 0 radical (unpaired) electrons. The molecule has 0 bridgehead atoms. The third kappa shape index (κ3) is 1.50. The van der Waals surface area contributed by atoms with Crippen molar-refractivity contribution >= 4 is 27.7 Å². The van der Waals surface area contributed by atoms with Crippen LogP contribution in [0.25, 0.3) is 32.2 Å². The second-order valence-electron chi connectivity index (χ2n) is 3.93. The Morgan fingerprint density at radius 3 is 2.72 bits per heavy atom. The van der Waals surface area contributed by atoms with Gasteiger partial charge in [0.05, 0.1) is 0 Å². The number of nitrogens with one attached hydrogen (secondary N) is 1. The molecule has 0 aliphatic carbocycles. The third-order valence-corrected chi connectivity index (χ3v) is 2.89. The lowest BCUT2D eigenvalue weighted by Gasteiger charge is -1.95. The minimum absolute atomic E-state index is 0.394. The number of amides is 1. The van der Waals surface area contributed by atoms with Gasteiger partial charge in [-0.1, -0.05) is 18.2 Å². The Labute approximate surface area is 102 Å². The van der Waals surface area contributed by atoms with Crippen LogP contribution in [0.1, 0.15) is 10.4 Å². The number of benzene rings is 2. The van der Waals surface area contributed by atoms with Crippen molar-refractivity contribution in [3.8, 4) is 0 Å². The molecule has 0 saturated carbocycles. The first-order valence-corrected chi connectivity index (χ1v) is 5.39. The average molecular weight is 236 g/mol. The van der Waals surface area contributed by atoms with E-state index in [0.717, 1.165) is 21.8 Å². The van der Waals surface area contributed by atoms with Gasteiger partial charge in [-0.2, -0.15) is 0 Å². The van der Waals surface area contributed by atoms with Gasteiger partial charge < -0.3 is 4.98 Å². The van der Waals surface area contributed by atoms with Gasteiger partial charge in [-0.3, -0.25) is 4.79 Å². The smallest absolute Gasteiger partial charge is 0.249 e. The zero-order chi connectivity index (χ0) is 12.5. The monoisotopic (exact) mass is 236 g/mol. The van der Waals surface area contributed by atoms with Crippen LogP contribution in [0.4, 0.5) is 0 Å². The van der Waals surface area contributed by atoms with E-state index in [4.69, 9.17) is 5.53 Å². The molecule has 1 heterocycles.